The Kier molecular flexibility index (Phi) is 4.57. The average Bonchev–Trinajstić information content (AvgIpc) is 3.23. The third-order valence-electron chi connectivity index (χ3n) is 6.08. The molecule has 156 valence electrons. The van der Waals surface area contributed by atoms with E-state index in [1.165, 1.54) is 0 Å². The van der Waals surface area contributed by atoms with E-state index in [1.54, 1.807) is 0 Å². The minimum Gasteiger partial charge on any atom is -0.485 e. The van der Waals surface area contributed by atoms with Crippen molar-refractivity contribution in [3.05, 3.63) is 72.8 Å². The predicted octanol–water partition coefficient (Wildman–Crippen LogP) is 4.96. The molecule has 2 aliphatic heterocycles. The van der Waals surface area contributed by atoms with Crippen LogP contribution in [0.3, 0.4) is 0 Å². The van der Waals surface area contributed by atoms with Crippen LogP contribution in [-0.2, 0) is 4.74 Å². The first kappa shape index (κ1) is 18.4. The molecule has 0 amide bonds. The van der Waals surface area contributed by atoms with Crippen molar-refractivity contribution in [3.63, 3.8) is 0 Å². The highest BCUT2D eigenvalue weighted by Crippen LogP contribution is 2.39. The van der Waals surface area contributed by atoms with Gasteiger partial charge in [-0.3, -0.25) is 4.98 Å². The third-order valence-corrected chi connectivity index (χ3v) is 6.08. The number of pyridine rings is 1. The number of rotatable bonds is 3. The Balaban J connectivity index is 1.47. The fourth-order valence-electron chi connectivity index (χ4n) is 4.54. The largest absolute Gasteiger partial charge is 0.485 e. The van der Waals surface area contributed by atoms with Crippen molar-refractivity contribution < 1.29 is 14.2 Å². The minimum absolute atomic E-state index is 0.255. The number of benzene rings is 2. The van der Waals surface area contributed by atoms with E-state index in [1.807, 2.05) is 48.8 Å². The van der Waals surface area contributed by atoms with E-state index in [4.69, 9.17) is 19.2 Å². The lowest BCUT2D eigenvalue weighted by atomic mass is 10.1. The van der Waals surface area contributed by atoms with Gasteiger partial charge in [-0.1, -0.05) is 18.2 Å². The molecule has 6 nitrogen and oxygen atoms in total. The molecule has 1 saturated heterocycles. The third kappa shape index (κ3) is 3.33. The second-order valence-corrected chi connectivity index (χ2v) is 7.99. The van der Waals surface area contributed by atoms with Crippen LogP contribution in [-0.4, -0.2) is 34.4 Å². The molecule has 0 saturated carbocycles. The monoisotopic (exact) mass is 413 g/mol. The Morgan fingerprint density at radius 3 is 2.52 bits per heavy atom. The molecule has 4 heterocycles. The van der Waals surface area contributed by atoms with Crippen LogP contribution >= 0.6 is 0 Å². The quantitative estimate of drug-likeness (QED) is 0.475. The summed E-state index contributed by atoms with van der Waals surface area (Å²) in [6.07, 6.45) is 5.32. The van der Waals surface area contributed by atoms with Crippen LogP contribution in [0.15, 0.2) is 67.0 Å². The first-order valence-electron chi connectivity index (χ1n) is 10.8. The number of hydrogen-bond donors (Lipinski definition) is 0. The van der Waals surface area contributed by atoms with Crippen LogP contribution in [0.4, 0.5) is 0 Å². The molecule has 2 aliphatic rings. The molecule has 0 radical (unpaired) electrons. The van der Waals surface area contributed by atoms with E-state index in [9.17, 15) is 0 Å². The van der Waals surface area contributed by atoms with Gasteiger partial charge in [-0.2, -0.15) is 0 Å². The van der Waals surface area contributed by atoms with Gasteiger partial charge in [0.05, 0.1) is 11.0 Å². The van der Waals surface area contributed by atoms with Crippen LogP contribution in [0.25, 0.3) is 22.2 Å². The van der Waals surface area contributed by atoms with E-state index < -0.39 is 0 Å². The summed E-state index contributed by atoms with van der Waals surface area (Å²) >= 11 is 0. The normalized spacial score (nSPS) is 18.9. The molecule has 6 heteroatoms. The first-order valence-corrected chi connectivity index (χ1v) is 10.8. The highest BCUT2D eigenvalue weighted by atomic mass is 16.6. The molecule has 1 atom stereocenters. The molecular weight excluding hydrogens is 390 g/mol. The van der Waals surface area contributed by atoms with Crippen LogP contribution in [0.1, 0.15) is 30.8 Å². The van der Waals surface area contributed by atoms with Gasteiger partial charge in [0, 0.05) is 31.6 Å². The maximum atomic E-state index is 6.35. The highest BCUT2D eigenvalue weighted by Gasteiger charge is 2.31. The summed E-state index contributed by atoms with van der Waals surface area (Å²) in [5.74, 6) is 2.47. The van der Waals surface area contributed by atoms with Gasteiger partial charge in [-0.05, 0) is 60.4 Å². The predicted molar refractivity (Wildman–Crippen MR) is 117 cm³/mol. The molecule has 0 N–H and O–H groups in total. The van der Waals surface area contributed by atoms with Gasteiger partial charge in [0.1, 0.15) is 6.61 Å². The number of aromatic nitrogens is 3. The molecule has 0 aliphatic carbocycles. The molecule has 2 aromatic carbocycles. The van der Waals surface area contributed by atoms with E-state index in [2.05, 4.69) is 27.8 Å². The van der Waals surface area contributed by atoms with Crippen molar-refractivity contribution in [2.24, 2.45) is 0 Å². The zero-order chi connectivity index (χ0) is 20.6. The van der Waals surface area contributed by atoms with Crippen LogP contribution in [0.2, 0.25) is 0 Å². The summed E-state index contributed by atoms with van der Waals surface area (Å²) in [4.78, 5) is 9.17. The number of hydrogen-bond acceptors (Lipinski definition) is 5. The lowest BCUT2D eigenvalue weighted by Crippen LogP contribution is -2.28. The van der Waals surface area contributed by atoms with Crippen LogP contribution in [0, 0.1) is 0 Å². The summed E-state index contributed by atoms with van der Waals surface area (Å²) in [7, 11) is 0. The summed E-state index contributed by atoms with van der Waals surface area (Å²) in [6.45, 7) is 1.97. The van der Waals surface area contributed by atoms with E-state index in [-0.39, 0.29) is 6.10 Å². The number of nitrogens with zero attached hydrogens (tertiary/aromatic N) is 3. The second-order valence-electron chi connectivity index (χ2n) is 7.99. The van der Waals surface area contributed by atoms with Gasteiger partial charge in [0.25, 0.3) is 0 Å². The van der Waals surface area contributed by atoms with Crippen molar-refractivity contribution in [3.8, 4) is 22.6 Å². The smallest absolute Gasteiger partial charge is 0.190 e. The molecule has 1 unspecified atom stereocenters. The Labute approximate surface area is 180 Å². The van der Waals surface area contributed by atoms with Gasteiger partial charge in [-0.15, -0.1) is 0 Å². The standard InChI is InChI=1S/C25H23N3O3/c1-2-4-23-22(3-1)30-16-24(31-23)25-27-20-6-5-18(17-7-11-26-12-8-17)15-21(20)28(25)19-9-13-29-14-10-19/h1-8,11-12,15,19,24H,9-10,13-14,16H2. The minimum atomic E-state index is -0.255. The summed E-state index contributed by atoms with van der Waals surface area (Å²) in [6, 6.07) is 18.7. The highest BCUT2D eigenvalue weighted by molar-refractivity contribution is 5.83. The van der Waals surface area contributed by atoms with E-state index >= 15 is 0 Å². The number of para-hydroxylation sites is 2. The van der Waals surface area contributed by atoms with Gasteiger partial charge in [-0.25, -0.2) is 4.98 Å². The van der Waals surface area contributed by atoms with E-state index in [0.29, 0.717) is 12.6 Å². The first-order chi connectivity index (χ1) is 15.4. The maximum Gasteiger partial charge on any atom is 0.190 e. The zero-order valence-electron chi connectivity index (χ0n) is 17.1. The van der Waals surface area contributed by atoms with Crippen molar-refractivity contribution in [1.82, 2.24) is 14.5 Å². The Bertz CT molecular complexity index is 1220. The molecular formula is C25H23N3O3. The topological polar surface area (TPSA) is 58.4 Å². The molecule has 4 aromatic rings. The zero-order valence-corrected chi connectivity index (χ0v) is 17.1. The van der Waals surface area contributed by atoms with Gasteiger partial charge < -0.3 is 18.8 Å². The summed E-state index contributed by atoms with van der Waals surface area (Å²) in [5, 5.41) is 0. The Morgan fingerprint density at radius 1 is 0.871 bits per heavy atom. The summed E-state index contributed by atoms with van der Waals surface area (Å²) in [5.41, 5.74) is 4.39. The SMILES string of the molecule is c1ccc2c(c1)OCC(c1nc3ccc(-c4ccncc4)cc3n1C1CCOCC1)O2. The maximum absolute atomic E-state index is 6.35. The van der Waals surface area contributed by atoms with Crippen molar-refractivity contribution in [2.75, 3.05) is 19.8 Å². The van der Waals surface area contributed by atoms with Gasteiger partial charge >= 0.3 is 0 Å². The Hall–Kier alpha value is -3.38. The fourth-order valence-corrected chi connectivity index (χ4v) is 4.54. The fraction of sp³-hybridized carbons (Fsp3) is 0.280. The average molecular weight is 413 g/mol. The van der Waals surface area contributed by atoms with Gasteiger partial charge in [0.2, 0.25) is 0 Å². The molecule has 31 heavy (non-hydrogen) atoms. The molecule has 2 aromatic heterocycles. The van der Waals surface area contributed by atoms with Crippen molar-refractivity contribution in [2.45, 2.75) is 25.0 Å². The molecule has 0 bridgehead atoms. The van der Waals surface area contributed by atoms with Crippen LogP contribution in [0.5, 0.6) is 11.5 Å². The molecule has 1 fully saturated rings. The number of imidazole rings is 1. The summed E-state index contributed by atoms with van der Waals surface area (Å²) < 4.78 is 20.4. The van der Waals surface area contributed by atoms with E-state index in [0.717, 1.165) is 65.5 Å². The van der Waals surface area contributed by atoms with Crippen molar-refractivity contribution >= 4 is 11.0 Å². The second kappa shape index (κ2) is 7.71. The molecule has 6 rings (SSSR count). The number of fused-ring (bicyclic) bond motifs is 2. The number of ether oxygens (including phenoxy) is 3. The van der Waals surface area contributed by atoms with Crippen molar-refractivity contribution in [1.29, 1.82) is 0 Å². The van der Waals surface area contributed by atoms with Crippen LogP contribution < -0.4 is 9.47 Å². The molecule has 0 spiro atoms. The lowest BCUT2D eigenvalue weighted by Gasteiger charge is -2.30. The van der Waals surface area contributed by atoms with Gasteiger partial charge in [0.15, 0.2) is 23.4 Å². The Morgan fingerprint density at radius 2 is 1.68 bits per heavy atom. The lowest BCUT2D eigenvalue weighted by molar-refractivity contribution is 0.0586.